The van der Waals surface area contributed by atoms with Crippen LogP contribution in [0.4, 0.5) is 11.4 Å². The first-order valence-electron chi connectivity index (χ1n) is 12.6. The molecule has 182 valence electrons. The molecule has 1 aliphatic heterocycles. The van der Waals surface area contributed by atoms with E-state index in [9.17, 15) is 13.0 Å². The highest BCUT2D eigenvalue weighted by molar-refractivity contribution is 7.99. The van der Waals surface area contributed by atoms with Gasteiger partial charge < -0.3 is 4.90 Å². The lowest BCUT2D eigenvalue weighted by atomic mass is 9.98. The lowest BCUT2D eigenvalue weighted by Crippen LogP contribution is -2.39. The molecule has 0 aromatic heterocycles. The van der Waals surface area contributed by atoms with Gasteiger partial charge in [0.2, 0.25) is 0 Å². The van der Waals surface area contributed by atoms with Gasteiger partial charge in [-0.1, -0.05) is 76.9 Å². The molecule has 0 amide bonds. The van der Waals surface area contributed by atoms with Crippen LogP contribution in [0.15, 0.2) is 40.1 Å². The van der Waals surface area contributed by atoms with Crippen molar-refractivity contribution < 1.29 is 13.0 Å². The van der Waals surface area contributed by atoms with Crippen LogP contribution in [0.3, 0.4) is 0 Å². The van der Waals surface area contributed by atoms with Crippen molar-refractivity contribution in [3.8, 4) is 0 Å². The Morgan fingerprint density at radius 1 is 0.909 bits per heavy atom. The van der Waals surface area contributed by atoms with Crippen molar-refractivity contribution in [2.24, 2.45) is 0 Å². The SMILES string of the molecule is CCCCc1cc(CCCC)c2c(c1)Sc1c(CCCC)cccc1N2C(CC)S(=O)(=O)O. The number of fused-ring (bicyclic) bond motifs is 2. The molecule has 0 saturated heterocycles. The van der Waals surface area contributed by atoms with E-state index in [1.54, 1.807) is 11.8 Å². The molecule has 3 rings (SSSR count). The highest BCUT2D eigenvalue weighted by Gasteiger charge is 2.37. The number of hydrogen-bond donors (Lipinski definition) is 1. The molecular weight excluding hydrogens is 450 g/mol. The molecule has 2 aromatic rings. The molecular formula is C27H39NO3S2. The molecule has 0 radical (unpaired) electrons. The summed E-state index contributed by atoms with van der Waals surface area (Å²) in [5.41, 5.74) is 5.65. The summed E-state index contributed by atoms with van der Waals surface area (Å²) in [5.74, 6) is 0. The summed E-state index contributed by atoms with van der Waals surface area (Å²) in [7, 11) is -4.27. The summed E-state index contributed by atoms with van der Waals surface area (Å²) in [6, 6.07) is 10.7. The molecule has 0 saturated carbocycles. The molecule has 1 N–H and O–H groups in total. The Hall–Kier alpha value is -1.50. The van der Waals surface area contributed by atoms with Gasteiger partial charge in [0.15, 0.2) is 5.37 Å². The van der Waals surface area contributed by atoms with Crippen molar-refractivity contribution in [2.45, 2.75) is 107 Å². The van der Waals surface area contributed by atoms with E-state index < -0.39 is 15.5 Å². The van der Waals surface area contributed by atoms with E-state index in [0.29, 0.717) is 6.42 Å². The first kappa shape index (κ1) is 26.1. The lowest BCUT2D eigenvalue weighted by molar-refractivity contribution is 0.464. The van der Waals surface area contributed by atoms with E-state index in [2.05, 4.69) is 39.0 Å². The van der Waals surface area contributed by atoms with E-state index in [0.717, 1.165) is 79.0 Å². The summed E-state index contributed by atoms with van der Waals surface area (Å²) in [5, 5.41) is -1.00. The third-order valence-corrected chi connectivity index (χ3v) is 8.84. The van der Waals surface area contributed by atoms with Crippen LogP contribution >= 0.6 is 11.8 Å². The number of rotatable bonds is 12. The molecule has 4 nitrogen and oxygen atoms in total. The van der Waals surface area contributed by atoms with Gasteiger partial charge in [0, 0.05) is 9.79 Å². The Morgan fingerprint density at radius 3 is 2.15 bits per heavy atom. The summed E-state index contributed by atoms with van der Waals surface area (Å²) in [4.78, 5) is 4.18. The van der Waals surface area contributed by atoms with Gasteiger partial charge in [-0.3, -0.25) is 4.55 Å². The number of nitrogens with zero attached hydrogens (tertiary/aromatic N) is 1. The van der Waals surface area contributed by atoms with Crippen LogP contribution in [0.5, 0.6) is 0 Å². The second kappa shape index (κ2) is 11.8. The van der Waals surface area contributed by atoms with Crippen molar-refractivity contribution in [1.82, 2.24) is 0 Å². The second-order valence-corrected chi connectivity index (χ2v) is 11.7. The highest BCUT2D eigenvalue weighted by Crippen LogP contribution is 2.53. The van der Waals surface area contributed by atoms with Crippen LogP contribution in [0.2, 0.25) is 0 Å². The number of benzene rings is 2. The molecule has 0 bridgehead atoms. The average molecular weight is 490 g/mol. The summed E-state index contributed by atoms with van der Waals surface area (Å²) in [6.45, 7) is 8.42. The van der Waals surface area contributed by atoms with Crippen molar-refractivity contribution in [1.29, 1.82) is 0 Å². The first-order chi connectivity index (χ1) is 15.8. The molecule has 2 aromatic carbocycles. The Kier molecular flexibility index (Phi) is 9.31. The fraction of sp³-hybridized carbons (Fsp3) is 0.556. The number of unbranched alkanes of at least 4 members (excludes halogenated alkanes) is 3. The van der Waals surface area contributed by atoms with Crippen molar-refractivity contribution >= 4 is 33.3 Å². The monoisotopic (exact) mass is 489 g/mol. The fourth-order valence-electron chi connectivity index (χ4n) is 4.66. The van der Waals surface area contributed by atoms with Crippen molar-refractivity contribution in [3.05, 3.63) is 47.0 Å². The van der Waals surface area contributed by atoms with Gasteiger partial charge in [-0.05, 0) is 73.8 Å². The maximum absolute atomic E-state index is 12.6. The maximum atomic E-state index is 12.6. The van der Waals surface area contributed by atoms with E-state index in [4.69, 9.17) is 0 Å². The number of hydrogen-bond acceptors (Lipinski definition) is 4. The quantitative estimate of drug-likeness (QED) is 0.307. The molecule has 33 heavy (non-hydrogen) atoms. The minimum Gasteiger partial charge on any atom is -0.319 e. The molecule has 1 unspecified atom stereocenters. The second-order valence-electron chi connectivity index (χ2n) is 9.03. The van der Waals surface area contributed by atoms with Crippen molar-refractivity contribution in [2.75, 3.05) is 4.90 Å². The standard InChI is InChI=1S/C27H39NO3S2/c1-5-9-13-20-18-22(15-11-7-3)26-24(19-20)32-27-21(14-10-6-2)16-12-17-23(27)28(26)25(8-4)33(29,30)31/h12,16-19,25H,5-11,13-15H2,1-4H3,(H,29,30,31). The van der Waals surface area contributed by atoms with Crippen LogP contribution in [-0.4, -0.2) is 18.3 Å². The minimum absolute atomic E-state index is 0.312. The van der Waals surface area contributed by atoms with Crippen LogP contribution in [-0.2, 0) is 29.4 Å². The van der Waals surface area contributed by atoms with Gasteiger partial charge in [-0.25, -0.2) is 0 Å². The Bertz CT molecular complexity index is 1050. The van der Waals surface area contributed by atoms with Gasteiger partial charge in [0.1, 0.15) is 0 Å². The first-order valence-corrected chi connectivity index (χ1v) is 14.9. The predicted molar refractivity (Wildman–Crippen MR) is 141 cm³/mol. The number of aryl methyl sites for hydroxylation is 3. The highest BCUT2D eigenvalue weighted by atomic mass is 32.2. The third kappa shape index (κ3) is 5.95. The summed E-state index contributed by atoms with van der Waals surface area (Å²) >= 11 is 1.78. The smallest absolute Gasteiger partial charge is 0.286 e. The largest absolute Gasteiger partial charge is 0.319 e. The fourth-order valence-corrected chi connectivity index (χ4v) is 6.90. The van der Waals surface area contributed by atoms with E-state index >= 15 is 0 Å². The lowest BCUT2D eigenvalue weighted by Gasteiger charge is -2.39. The summed E-state index contributed by atoms with van der Waals surface area (Å²) < 4.78 is 35.4. The van der Waals surface area contributed by atoms with E-state index in [1.807, 2.05) is 24.0 Å². The molecule has 1 heterocycles. The van der Waals surface area contributed by atoms with Gasteiger partial charge in [-0.15, -0.1) is 0 Å². The molecule has 0 spiro atoms. The minimum atomic E-state index is -4.27. The van der Waals surface area contributed by atoms with Crippen LogP contribution in [0.25, 0.3) is 0 Å². The zero-order chi connectivity index (χ0) is 24.0. The Labute approximate surface area is 204 Å². The van der Waals surface area contributed by atoms with Gasteiger partial charge in [-0.2, -0.15) is 8.42 Å². The molecule has 1 atom stereocenters. The van der Waals surface area contributed by atoms with Crippen LogP contribution in [0, 0.1) is 0 Å². The Balaban J connectivity index is 2.26. The van der Waals surface area contributed by atoms with Gasteiger partial charge in [0.25, 0.3) is 10.1 Å². The zero-order valence-corrected chi connectivity index (χ0v) is 22.2. The van der Waals surface area contributed by atoms with Crippen LogP contribution in [0.1, 0.15) is 89.3 Å². The zero-order valence-electron chi connectivity index (χ0n) is 20.6. The van der Waals surface area contributed by atoms with Gasteiger partial charge >= 0.3 is 0 Å². The predicted octanol–water partition coefficient (Wildman–Crippen LogP) is 7.94. The normalized spacial score (nSPS) is 14.2. The molecule has 0 fully saturated rings. The van der Waals surface area contributed by atoms with E-state index in [-0.39, 0.29) is 0 Å². The molecule has 6 heteroatoms. The number of anilines is 2. The molecule has 0 aliphatic carbocycles. The molecule has 1 aliphatic rings. The van der Waals surface area contributed by atoms with Crippen molar-refractivity contribution in [3.63, 3.8) is 0 Å². The van der Waals surface area contributed by atoms with Gasteiger partial charge in [0.05, 0.1) is 11.4 Å². The van der Waals surface area contributed by atoms with Crippen LogP contribution < -0.4 is 4.90 Å². The Morgan fingerprint density at radius 2 is 1.55 bits per heavy atom. The average Bonchev–Trinajstić information content (AvgIpc) is 2.78. The maximum Gasteiger partial charge on any atom is 0.286 e. The summed E-state index contributed by atoms with van der Waals surface area (Å²) in [6.07, 6.45) is 9.83. The topological polar surface area (TPSA) is 57.6 Å². The van der Waals surface area contributed by atoms with E-state index in [1.165, 1.54) is 16.7 Å². The third-order valence-electron chi connectivity index (χ3n) is 6.40.